The molecule has 136 valence electrons. The van der Waals surface area contributed by atoms with Gasteiger partial charge in [-0.05, 0) is 20.8 Å². The zero-order chi connectivity index (χ0) is 17.4. The van der Waals surface area contributed by atoms with Crippen molar-refractivity contribution in [3.05, 3.63) is 0 Å². The molecule has 0 aromatic heterocycles. The monoisotopic (exact) mass is 351 g/mol. The lowest BCUT2D eigenvalue weighted by Crippen LogP contribution is -2.24. The van der Waals surface area contributed by atoms with Crippen LogP contribution in [-0.2, 0) is 40.9 Å². The Morgan fingerprint density at radius 1 is 0.826 bits per heavy atom. The van der Waals surface area contributed by atoms with E-state index in [2.05, 4.69) is 16.8 Å². The Kier molecular flexibility index (Phi) is 14.5. The topological polar surface area (TPSA) is 75.6 Å². The predicted molar refractivity (Wildman–Crippen MR) is 88.4 cm³/mol. The van der Waals surface area contributed by atoms with Crippen LogP contribution in [0.3, 0.4) is 0 Å². The van der Waals surface area contributed by atoms with Gasteiger partial charge in [0.2, 0.25) is 0 Å². The van der Waals surface area contributed by atoms with Crippen LogP contribution in [0.2, 0.25) is 0 Å². The van der Waals surface area contributed by atoms with Crippen molar-refractivity contribution >= 4 is 18.4 Å². The van der Waals surface area contributed by atoms with Crippen molar-refractivity contribution in [1.29, 1.82) is 0 Å². The van der Waals surface area contributed by atoms with Gasteiger partial charge in [-0.3, -0.25) is 4.79 Å². The number of carbonyl (C=O) groups is 1. The van der Waals surface area contributed by atoms with E-state index in [1.807, 2.05) is 20.8 Å². The van der Waals surface area contributed by atoms with E-state index in [1.165, 1.54) is 0 Å². The van der Waals surface area contributed by atoms with E-state index in [4.69, 9.17) is 23.7 Å². The average molecular weight is 351 g/mol. The molecule has 0 saturated carbocycles. The highest BCUT2D eigenvalue weighted by Crippen LogP contribution is 2.07. The van der Waals surface area contributed by atoms with Crippen LogP contribution >= 0.6 is 0 Å². The van der Waals surface area contributed by atoms with Gasteiger partial charge in [-0.15, -0.1) is 0 Å². The van der Waals surface area contributed by atoms with Crippen LogP contribution in [0, 0.1) is 0 Å². The second-order valence-electron chi connectivity index (χ2n) is 5.64. The summed E-state index contributed by atoms with van der Waals surface area (Å²) in [5.74, 6) is -0.254. The van der Waals surface area contributed by atoms with Gasteiger partial charge in [0.1, 0.15) is 5.60 Å². The first-order valence-electron chi connectivity index (χ1n) is 7.77. The molecule has 7 nitrogen and oxygen atoms in total. The number of ether oxygens (including phenoxy) is 5. The molecule has 0 aromatic rings. The molecule has 0 unspecified atom stereocenters. The summed E-state index contributed by atoms with van der Waals surface area (Å²) >= 11 is 4.44. The first-order valence-corrected chi connectivity index (χ1v) is 8.14. The minimum absolute atomic E-state index is 0.249. The van der Waals surface area contributed by atoms with Crippen molar-refractivity contribution in [1.82, 2.24) is 0 Å². The van der Waals surface area contributed by atoms with Crippen molar-refractivity contribution in [3.63, 3.8) is 0 Å². The summed E-state index contributed by atoms with van der Waals surface area (Å²) in [6, 6.07) is 0. The molecule has 0 spiro atoms. The van der Waals surface area contributed by atoms with Crippen LogP contribution in [-0.4, -0.2) is 71.0 Å². The van der Waals surface area contributed by atoms with Gasteiger partial charge in [0.25, 0.3) is 0 Å². The van der Waals surface area contributed by atoms with Crippen LogP contribution in [0.5, 0.6) is 0 Å². The Bertz CT molecular complexity index is 309. The average Bonchev–Trinajstić information content (AvgIpc) is 2.46. The van der Waals surface area contributed by atoms with Crippen molar-refractivity contribution in [3.8, 4) is 0 Å². The van der Waals surface area contributed by atoms with Gasteiger partial charge in [0, 0.05) is 12.4 Å². The summed E-state index contributed by atoms with van der Waals surface area (Å²) in [5.41, 5.74) is -0.452. The van der Waals surface area contributed by atoms with Gasteiger partial charge in [-0.25, -0.2) is 4.36 Å². The molecule has 0 aliphatic carbocycles. The fourth-order valence-corrected chi connectivity index (χ4v) is 1.49. The van der Waals surface area contributed by atoms with Gasteiger partial charge in [-0.1, -0.05) is 0 Å². The van der Waals surface area contributed by atoms with E-state index in [1.54, 1.807) is 0 Å². The summed E-state index contributed by atoms with van der Waals surface area (Å²) in [5, 5.41) is 0. The van der Waals surface area contributed by atoms with Crippen LogP contribution in [0.15, 0.2) is 4.36 Å². The number of nitrogens with zero attached hydrogens (tertiary/aromatic N) is 1. The van der Waals surface area contributed by atoms with E-state index in [-0.39, 0.29) is 12.4 Å². The Hall–Kier alpha value is -0.670. The Morgan fingerprint density at radius 2 is 1.26 bits per heavy atom. The fourth-order valence-electron chi connectivity index (χ4n) is 1.41. The van der Waals surface area contributed by atoms with Crippen molar-refractivity contribution < 1.29 is 28.5 Å². The molecule has 0 atom stereocenters. The normalized spacial score (nSPS) is 11.4. The molecule has 0 saturated heterocycles. The van der Waals surface area contributed by atoms with Crippen LogP contribution in [0.1, 0.15) is 27.2 Å². The molecule has 0 fully saturated rings. The van der Waals surface area contributed by atoms with Crippen LogP contribution in [0.4, 0.5) is 0 Å². The molecule has 0 radical (unpaired) electrons. The van der Waals surface area contributed by atoms with Crippen LogP contribution in [0.25, 0.3) is 0 Å². The quantitative estimate of drug-likeness (QED) is 0.327. The number of rotatable bonds is 15. The minimum atomic E-state index is -0.452. The lowest BCUT2D eigenvalue weighted by atomic mass is 10.2. The highest BCUT2D eigenvalue weighted by atomic mass is 32.1. The maximum absolute atomic E-state index is 11.4. The molecule has 0 heterocycles. The van der Waals surface area contributed by atoms with E-state index in [0.717, 1.165) is 0 Å². The third kappa shape index (κ3) is 19.3. The molecular formula is C15H29NO6S. The second-order valence-corrected chi connectivity index (χ2v) is 5.90. The van der Waals surface area contributed by atoms with E-state index < -0.39 is 5.60 Å². The van der Waals surface area contributed by atoms with Gasteiger partial charge in [0.15, 0.2) is 0 Å². The third-order valence-corrected chi connectivity index (χ3v) is 2.50. The lowest BCUT2D eigenvalue weighted by molar-refractivity contribution is -0.156. The standard InChI is InChI=1S/C15H29NO6S/c1-15(2,3)22-14(17)4-6-18-8-10-20-12-13-21-11-9-19-7-5-16-23/h4-13H2,1-3H3. The predicted octanol–water partition coefficient (Wildman–Crippen LogP) is 1.52. The molecule has 0 aliphatic rings. The molecule has 0 bridgehead atoms. The third-order valence-electron chi connectivity index (χ3n) is 2.31. The minimum Gasteiger partial charge on any atom is -0.460 e. The zero-order valence-electron chi connectivity index (χ0n) is 14.4. The largest absolute Gasteiger partial charge is 0.460 e. The Morgan fingerprint density at radius 3 is 1.70 bits per heavy atom. The van der Waals surface area contributed by atoms with Gasteiger partial charge in [-0.2, -0.15) is 0 Å². The Labute approximate surface area is 144 Å². The molecule has 0 N–H and O–H groups in total. The molecule has 8 heteroatoms. The van der Waals surface area contributed by atoms with Gasteiger partial charge >= 0.3 is 5.97 Å². The van der Waals surface area contributed by atoms with E-state index >= 15 is 0 Å². The zero-order valence-corrected chi connectivity index (χ0v) is 15.2. The summed E-state index contributed by atoms with van der Waals surface area (Å²) in [6.07, 6.45) is 0.249. The summed E-state index contributed by atoms with van der Waals surface area (Å²) in [4.78, 5) is 11.4. The highest BCUT2D eigenvalue weighted by molar-refractivity contribution is 7.47. The second kappa shape index (κ2) is 14.9. The summed E-state index contributed by atoms with van der Waals surface area (Å²) in [7, 11) is 0. The van der Waals surface area contributed by atoms with Crippen molar-refractivity contribution in [2.24, 2.45) is 4.36 Å². The molecule has 0 amide bonds. The number of hydrogen-bond acceptors (Lipinski definition) is 8. The van der Waals surface area contributed by atoms with Crippen LogP contribution < -0.4 is 0 Å². The summed E-state index contributed by atoms with van der Waals surface area (Å²) < 4.78 is 29.8. The maximum atomic E-state index is 11.4. The Balaban J connectivity index is 3.16. The SMILES string of the molecule is CC(C)(C)OC(=O)CCOCCOCCOCCOCCN=S. The number of carbonyl (C=O) groups excluding carboxylic acids is 1. The first kappa shape index (κ1) is 22.3. The van der Waals surface area contributed by atoms with Gasteiger partial charge in [0.05, 0.1) is 65.8 Å². The van der Waals surface area contributed by atoms with Crippen molar-refractivity contribution in [2.75, 3.05) is 59.4 Å². The summed E-state index contributed by atoms with van der Waals surface area (Å²) in [6.45, 7) is 9.87. The van der Waals surface area contributed by atoms with Gasteiger partial charge < -0.3 is 23.7 Å². The molecule has 23 heavy (non-hydrogen) atoms. The maximum Gasteiger partial charge on any atom is 0.308 e. The van der Waals surface area contributed by atoms with E-state index in [9.17, 15) is 4.79 Å². The van der Waals surface area contributed by atoms with Crippen molar-refractivity contribution in [2.45, 2.75) is 32.8 Å². The molecular weight excluding hydrogens is 322 g/mol. The molecule has 0 aliphatic heterocycles. The number of esters is 1. The number of hydrogen-bond donors (Lipinski definition) is 0. The fraction of sp³-hybridized carbons (Fsp3) is 0.933. The first-order chi connectivity index (χ1) is 11.0. The lowest BCUT2D eigenvalue weighted by Gasteiger charge is -2.19. The van der Waals surface area contributed by atoms with E-state index in [0.29, 0.717) is 59.4 Å². The smallest absolute Gasteiger partial charge is 0.308 e. The highest BCUT2D eigenvalue weighted by Gasteiger charge is 2.15. The molecule has 0 aromatic carbocycles. The molecule has 0 rings (SSSR count).